The highest BCUT2D eigenvalue weighted by Gasteiger charge is 2.31. The molecule has 4 heterocycles. The van der Waals surface area contributed by atoms with Gasteiger partial charge < -0.3 is 25.3 Å². The molecule has 188 valence electrons. The third-order valence-corrected chi connectivity index (χ3v) is 6.86. The second kappa shape index (κ2) is 9.93. The summed E-state index contributed by atoms with van der Waals surface area (Å²) in [6.07, 6.45) is 5.56. The summed E-state index contributed by atoms with van der Waals surface area (Å²) in [4.78, 5) is 11.1. The number of rotatable bonds is 6. The van der Waals surface area contributed by atoms with Gasteiger partial charge >= 0.3 is 0 Å². The predicted octanol–water partition coefficient (Wildman–Crippen LogP) is 3.59. The van der Waals surface area contributed by atoms with Gasteiger partial charge in [-0.15, -0.1) is 0 Å². The van der Waals surface area contributed by atoms with E-state index < -0.39 is 24.3 Å². The van der Waals surface area contributed by atoms with Gasteiger partial charge in [0.15, 0.2) is 5.58 Å². The Hall–Kier alpha value is -3.40. The smallest absolute Gasteiger partial charge is 0.152 e. The lowest BCUT2D eigenvalue weighted by molar-refractivity contribution is 0.0784. The van der Waals surface area contributed by atoms with Crippen LogP contribution in [0.5, 0.6) is 0 Å². The molecule has 0 bridgehead atoms. The molecule has 1 saturated heterocycles. The van der Waals surface area contributed by atoms with Gasteiger partial charge in [-0.25, -0.2) is 13.8 Å². The number of benzene rings is 1. The summed E-state index contributed by atoms with van der Waals surface area (Å²) in [5.74, 6) is -1.52. The molecule has 9 heteroatoms. The molecule has 0 amide bonds. The number of nitrogens with two attached hydrogens (primary N) is 1. The zero-order valence-electron chi connectivity index (χ0n) is 19.9. The van der Waals surface area contributed by atoms with E-state index in [1.165, 1.54) is 6.26 Å². The van der Waals surface area contributed by atoms with Gasteiger partial charge in [0.25, 0.3) is 0 Å². The van der Waals surface area contributed by atoms with Crippen LogP contribution in [0.1, 0.15) is 23.7 Å². The topological polar surface area (TPSA) is 109 Å². The standard InChI is InChI=1S/C27H28F2N4O3/c1-15-11-33(12-22(30)27(15)35)23-6-7-31-10-17(23)2-3-18-4-5-24-26(32-18)19(14-36-24)25-20(28)8-16(13-34)9-21(25)29/h4-10,14-15,22,27,34-35H,2-3,11-13,30H2,1H3/t15-,22+,27+/m0/s1. The van der Waals surface area contributed by atoms with Gasteiger partial charge in [0.2, 0.25) is 0 Å². The van der Waals surface area contributed by atoms with Gasteiger partial charge in [0.05, 0.1) is 23.8 Å². The fraction of sp³-hybridized carbons (Fsp3) is 0.333. The molecule has 0 aliphatic carbocycles. The first kappa shape index (κ1) is 24.3. The Balaban J connectivity index is 1.41. The van der Waals surface area contributed by atoms with Crippen molar-refractivity contribution in [2.75, 3.05) is 18.0 Å². The van der Waals surface area contributed by atoms with Crippen LogP contribution in [0.25, 0.3) is 22.2 Å². The SMILES string of the molecule is C[C@H]1CN(c2ccncc2CCc2ccc3occ(-c4c(F)cc(CO)cc4F)c3n2)C[C@@H](N)[C@@H]1O. The molecular weight excluding hydrogens is 466 g/mol. The summed E-state index contributed by atoms with van der Waals surface area (Å²) >= 11 is 0. The van der Waals surface area contributed by atoms with Crippen LogP contribution in [0.3, 0.4) is 0 Å². The number of piperidine rings is 1. The number of halogens is 2. The number of hydrogen-bond donors (Lipinski definition) is 3. The van der Waals surface area contributed by atoms with Gasteiger partial charge in [0, 0.05) is 48.8 Å². The number of pyridine rings is 2. The van der Waals surface area contributed by atoms with Crippen LogP contribution < -0.4 is 10.6 Å². The highest BCUT2D eigenvalue weighted by atomic mass is 19.1. The molecule has 4 aromatic rings. The maximum absolute atomic E-state index is 14.7. The Labute approximate surface area is 207 Å². The molecule has 1 aromatic carbocycles. The van der Waals surface area contributed by atoms with E-state index >= 15 is 0 Å². The van der Waals surface area contributed by atoms with E-state index in [1.54, 1.807) is 12.3 Å². The molecule has 3 aromatic heterocycles. The van der Waals surface area contributed by atoms with Crippen LogP contribution in [-0.4, -0.2) is 45.4 Å². The largest absolute Gasteiger partial charge is 0.462 e. The van der Waals surface area contributed by atoms with Crippen LogP contribution in [0, 0.1) is 17.6 Å². The van der Waals surface area contributed by atoms with E-state index in [-0.39, 0.29) is 28.7 Å². The number of hydrogen-bond acceptors (Lipinski definition) is 7. The zero-order valence-corrected chi connectivity index (χ0v) is 19.9. The number of aryl methyl sites for hydroxylation is 2. The second-order valence-corrected chi connectivity index (χ2v) is 9.43. The Morgan fingerprint density at radius 3 is 2.64 bits per heavy atom. The molecule has 1 aliphatic rings. The van der Waals surface area contributed by atoms with E-state index in [0.29, 0.717) is 37.0 Å². The maximum atomic E-state index is 14.7. The zero-order chi connectivity index (χ0) is 25.4. The van der Waals surface area contributed by atoms with E-state index in [9.17, 15) is 19.0 Å². The van der Waals surface area contributed by atoms with Crippen LogP contribution in [0.4, 0.5) is 14.5 Å². The minimum atomic E-state index is -0.784. The van der Waals surface area contributed by atoms with Crippen molar-refractivity contribution in [2.45, 2.75) is 38.5 Å². The Kier molecular flexibility index (Phi) is 6.70. The van der Waals surface area contributed by atoms with Crippen LogP contribution >= 0.6 is 0 Å². The second-order valence-electron chi connectivity index (χ2n) is 9.43. The maximum Gasteiger partial charge on any atom is 0.152 e. The van der Waals surface area contributed by atoms with Crippen molar-refractivity contribution < 1.29 is 23.4 Å². The monoisotopic (exact) mass is 494 g/mol. The third kappa shape index (κ3) is 4.57. The van der Waals surface area contributed by atoms with Crippen molar-refractivity contribution in [2.24, 2.45) is 11.7 Å². The van der Waals surface area contributed by atoms with Crippen LogP contribution in [0.15, 0.2) is 53.4 Å². The Morgan fingerprint density at radius 2 is 1.92 bits per heavy atom. The number of aliphatic hydroxyl groups excluding tert-OH is 2. The van der Waals surface area contributed by atoms with Gasteiger partial charge in [-0.3, -0.25) is 4.98 Å². The molecule has 0 unspecified atom stereocenters. The molecule has 1 fully saturated rings. The van der Waals surface area contributed by atoms with Crippen LogP contribution in [-0.2, 0) is 19.4 Å². The lowest BCUT2D eigenvalue weighted by Gasteiger charge is -2.40. The highest BCUT2D eigenvalue weighted by molar-refractivity contribution is 5.91. The Morgan fingerprint density at radius 1 is 1.14 bits per heavy atom. The third-order valence-electron chi connectivity index (χ3n) is 6.86. The van der Waals surface area contributed by atoms with Crippen molar-refractivity contribution in [3.8, 4) is 11.1 Å². The summed E-state index contributed by atoms with van der Waals surface area (Å²) in [7, 11) is 0. The summed E-state index contributed by atoms with van der Waals surface area (Å²) in [6.45, 7) is 2.78. The van der Waals surface area contributed by atoms with Gasteiger partial charge in [0.1, 0.15) is 23.4 Å². The first-order valence-corrected chi connectivity index (χ1v) is 11.9. The molecular formula is C27H28F2N4O3. The average Bonchev–Trinajstić information content (AvgIpc) is 3.28. The van der Waals surface area contributed by atoms with Crippen molar-refractivity contribution in [1.82, 2.24) is 9.97 Å². The molecule has 3 atom stereocenters. The number of aromatic nitrogens is 2. The lowest BCUT2D eigenvalue weighted by Crippen LogP contribution is -2.55. The first-order chi connectivity index (χ1) is 17.4. The fourth-order valence-electron chi connectivity index (χ4n) is 4.94. The summed E-state index contributed by atoms with van der Waals surface area (Å²) in [5.41, 5.74) is 9.90. The molecule has 5 rings (SSSR count). The molecule has 0 radical (unpaired) electrons. The fourth-order valence-corrected chi connectivity index (χ4v) is 4.94. The predicted molar refractivity (Wildman–Crippen MR) is 132 cm³/mol. The van der Waals surface area contributed by atoms with Crippen molar-refractivity contribution in [1.29, 1.82) is 0 Å². The minimum Gasteiger partial charge on any atom is -0.462 e. The van der Waals surface area contributed by atoms with Crippen LogP contribution in [0.2, 0.25) is 0 Å². The van der Waals surface area contributed by atoms with E-state index in [1.807, 2.05) is 25.3 Å². The quantitative estimate of drug-likeness (QED) is 0.376. The van der Waals surface area contributed by atoms with Gasteiger partial charge in [-0.05, 0) is 54.3 Å². The molecule has 36 heavy (non-hydrogen) atoms. The average molecular weight is 495 g/mol. The summed E-state index contributed by atoms with van der Waals surface area (Å²) in [6, 6.07) is 7.43. The first-order valence-electron chi connectivity index (χ1n) is 11.9. The van der Waals surface area contributed by atoms with E-state index in [4.69, 9.17) is 10.2 Å². The normalized spacial score (nSPS) is 20.3. The van der Waals surface area contributed by atoms with Crippen molar-refractivity contribution in [3.63, 3.8) is 0 Å². The molecule has 1 aliphatic heterocycles. The number of furan rings is 1. The molecule has 7 nitrogen and oxygen atoms in total. The van der Waals surface area contributed by atoms with Crippen molar-refractivity contribution in [3.05, 3.63) is 77.4 Å². The van der Waals surface area contributed by atoms with E-state index in [0.717, 1.165) is 29.1 Å². The summed E-state index contributed by atoms with van der Waals surface area (Å²) < 4.78 is 34.9. The van der Waals surface area contributed by atoms with E-state index in [2.05, 4.69) is 14.9 Å². The number of aliphatic hydroxyl groups is 2. The highest BCUT2D eigenvalue weighted by Crippen LogP contribution is 2.34. The van der Waals surface area contributed by atoms with Gasteiger partial charge in [-0.2, -0.15) is 0 Å². The number of nitrogens with zero attached hydrogens (tertiary/aromatic N) is 3. The number of fused-ring (bicyclic) bond motifs is 1. The summed E-state index contributed by atoms with van der Waals surface area (Å²) in [5, 5.41) is 19.4. The Bertz CT molecular complexity index is 1360. The molecule has 4 N–H and O–H groups in total. The van der Waals surface area contributed by atoms with Crippen molar-refractivity contribution >= 4 is 16.8 Å². The molecule has 0 spiro atoms. The molecule has 0 saturated carbocycles. The minimum absolute atomic E-state index is 0.0468. The van der Waals surface area contributed by atoms with Gasteiger partial charge in [-0.1, -0.05) is 6.92 Å². The number of anilines is 1. The lowest BCUT2D eigenvalue weighted by atomic mass is 9.92.